The van der Waals surface area contributed by atoms with Gasteiger partial charge in [-0.1, -0.05) is 71.1 Å². The van der Waals surface area contributed by atoms with E-state index in [4.69, 9.17) is 37.9 Å². The van der Waals surface area contributed by atoms with Gasteiger partial charge in [-0.2, -0.15) is 0 Å². The lowest BCUT2D eigenvalue weighted by molar-refractivity contribution is -0.265. The fourth-order valence-corrected chi connectivity index (χ4v) is 11.3. The van der Waals surface area contributed by atoms with E-state index in [-0.39, 0.29) is 73.3 Å². The highest BCUT2D eigenvalue weighted by Gasteiger charge is 2.53. The van der Waals surface area contributed by atoms with Gasteiger partial charge in [-0.05, 0) is 120 Å². The van der Waals surface area contributed by atoms with Gasteiger partial charge in [0, 0.05) is 64.9 Å². The predicted octanol–water partition coefficient (Wildman–Crippen LogP) is 7.87. The van der Waals surface area contributed by atoms with Gasteiger partial charge in [0.05, 0.1) is 31.5 Å². The van der Waals surface area contributed by atoms with Crippen LogP contribution < -0.4 is 0 Å². The molecule has 6 unspecified atom stereocenters. The number of fused-ring (bicyclic) bond motifs is 3. The molecule has 5 aliphatic rings. The maximum Gasteiger partial charge on any atom is 0.329 e. The van der Waals surface area contributed by atoms with Crippen molar-refractivity contribution >= 4 is 29.2 Å². The fourth-order valence-electron chi connectivity index (χ4n) is 11.3. The first-order chi connectivity index (χ1) is 35.1. The van der Waals surface area contributed by atoms with Crippen LogP contribution in [0.5, 0.6) is 0 Å². The third-order valence-electron chi connectivity index (χ3n) is 16.2. The van der Waals surface area contributed by atoms with Crippen LogP contribution in [0.15, 0.2) is 59.4 Å². The quantitative estimate of drug-likeness (QED) is 0.128. The highest BCUT2D eigenvalue weighted by molar-refractivity contribution is 6.39. The number of methoxy groups -OCH3 is 4. The molecule has 0 radical (unpaired) electrons. The van der Waals surface area contributed by atoms with Crippen LogP contribution in [0.3, 0.4) is 0 Å². The second-order valence-corrected chi connectivity index (χ2v) is 21.9. The van der Waals surface area contributed by atoms with Gasteiger partial charge >= 0.3 is 5.97 Å². The number of ketones is 3. The minimum absolute atomic E-state index is 0.0117. The minimum atomic E-state index is -2.44. The number of carbonyl (C=O) groups excluding carboxylic acids is 5. The number of rotatable bonds is 9. The lowest BCUT2D eigenvalue weighted by Crippen LogP contribution is -2.61. The number of carbonyl (C=O) groups is 5. The molecule has 0 saturated carbocycles. The van der Waals surface area contributed by atoms with E-state index in [1.165, 1.54) is 12.0 Å². The number of ether oxygens (including phenoxy) is 8. The highest BCUT2D eigenvalue weighted by Crippen LogP contribution is 2.38. The molecule has 4 aliphatic heterocycles. The number of nitrogens with zero attached hydrogens (tertiary/aromatic N) is 1. The highest BCUT2D eigenvalue weighted by atomic mass is 16.7. The van der Waals surface area contributed by atoms with Crippen LogP contribution in [0.25, 0.3) is 0 Å². The van der Waals surface area contributed by atoms with Crippen LogP contribution in [0.1, 0.15) is 139 Å². The van der Waals surface area contributed by atoms with Crippen molar-refractivity contribution in [3.05, 3.63) is 59.4 Å². The summed E-state index contributed by atoms with van der Waals surface area (Å²) in [6.07, 6.45) is 14.2. The van der Waals surface area contributed by atoms with Crippen molar-refractivity contribution in [2.45, 2.75) is 206 Å². The molecule has 0 spiro atoms. The molecule has 0 aromatic rings. The number of hydrogen-bond donors (Lipinski definition) is 2. The smallest absolute Gasteiger partial charge is 0.329 e. The average Bonchev–Trinajstić information content (AvgIpc) is 3.38. The van der Waals surface area contributed by atoms with Gasteiger partial charge in [0.2, 0.25) is 5.79 Å². The van der Waals surface area contributed by atoms with Gasteiger partial charge in [-0.25, -0.2) is 4.79 Å². The van der Waals surface area contributed by atoms with E-state index >= 15 is 0 Å². The molecule has 17 atom stereocenters. The molecular weight excluding hydrogens is 951 g/mol. The number of esters is 1. The molecule has 0 aromatic carbocycles. The summed E-state index contributed by atoms with van der Waals surface area (Å²) in [5.74, 6) is -7.52. The molecule has 3 saturated heterocycles. The van der Waals surface area contributed by atoms with E-state index in [0.29, 0.717) is 69.1 Å². The van der Waals surface area contributed by atoms with E-state index in [9.17, 15) is 34.2 Å². The van der Waals surface area contributed by atoms with Crippen LogP contribution in [0, 0.1) is 35.5 Å². The van der Waals surface area contributed by atoms with Gasteiger partial charge in [0.1, 0.15) is 42.0 Å². The SMILES string of the molecule is COC1=CC(C[C@H](C)[C@@H]2CC(=O)[C@H](C)/C=C(\C)C(O)[C@@H](OC)C(=O)[C@H](C)C[C@H](C)/C=C/C=C/C=C(\C)[C@@H](OC)C[C@@H]3CC[C@@H](C)[C@@](O)(O3)C(=O)C(=O)N3CCCC[C@H]3C(=O)O2)CCC1OC1CCC(OC)OC1C. The van der Waals surface area contributed by atoms with E-state index in [1.54, 1.807) is 48.2 Å². The molecule has 16 heteroatoms. The van der Waals surface area contributed by atoms with Gasteiger partial charge in [0.25, 0.3) is 11.7 Å². The number of allylic oxidation sites excluding steroid dienone is 7. The normalized spacial score (nSPS) is 40.1. The summed E-state index contributed by atoms with van der Waals surface area (Å²) in [4.78, 5) is 72.7. The van der Waals surface area contributed by atoms with E-state index in [2.05, 4.69) is 6.08 Å². The lowest BCUT2D eigenvalue weighted by atomic mass is 9.82. The van der Waals surface area contributed by atoms with Crippen LogP contribution in [0.2, 0.25) is 0 Å². The van der Waals surface area contributed by atoms with Crippen molar-refractivity contribution in [3.8, 4) is 0 Å². The summed E-state index contributed by atoms with van der Waals surface area (Å²) in [5.41, 5.74) is 1.26. The zero-order valence-corrected chi connectivity index (χ0v) is 46.3. The number of cyclic esters (lactones) is 1. The fraction of sp³-hybridized carbons (Fsp3) is 0.741. The molecule has 16 nitrogen and oxygen atoms in total. The van der Waals surface area contributed by atoms with Crippen LogP contribution >= 0.6 is 0 Å². The van der Waals surface area contributed by atoms with Gasteiger partial charge in [0.15, 0.2) is 12.1 Å². The summed E-state index contributed by atoms with van der Waals surface area (Å²) in [6.45, 7) is 14.8. The molecule has 416 valence electrons. The second kappa shape index (κ2) is 28.5. The van der Waals surface area contributed by atoms with Crippen molar-refractivity contribution in [3.63, 3.8) is 0 Å². The molecule has 1 aliphatic carbocycles. The summed E-state index contributed by atoms with van der Waals surface area (Å²) in [7, 11) is 6.21. The van der Waals surface area contributed by atoms with Crippen molar-refractivity contribution in [1.29, 1.82) is 0 Å². The first-order valence-electron chi connectivity index (χ1n) is 27.2. The Balaban J connectivity index is 1.45. The van der Waals surface area contributed by atoms with Crippen molar-refractivity contribution in [2.24, 2.45) is 35.5 Å². The lowest BCUT2D eigenvalue weighted by Gasteiger charge is -2.42. The van der Waals surface area contributed by atoms with Crippen LogP contribution in [-0.2, 0) is 61.9 Å². The van der Waals surface area contributed by atoms with Gasteiger partial charge in [-0.15, -0.1) is 0 Å². The Morgan fingerprint density at radius 1 is 0.811 bits per heavy atom. The monoisotopic (exact) mass is 1040 g/mol. The number of aliphatic hydroxyl groups is 2. The average molecular weight is 1040 g/mol. The minimum Gasteiger partial charge on any atom is -0.499 e. The van der Waals surface area contributed by atoms with Crippen molar-refractivity contribution < 1.29 is 72.1 Å². The van der Waals surface area contributed by atoms with Crippen LogP contribution in [0.4, 0.5) is 0 Å². The molecular formula is C58H89NO15. The summed E-state index contributed by atoms with van der Waals surface area (Å²) < 4.78 is 47.9. The summed E-state index contributed by atoms with van der Waals surface area (Å²) in [6, 6.07) is -1.16. The molecule has 74 heavy (non-hydrogen) atoms. The molecule has 0 aromatic heterocycles. The maximum atomic E-state index is 14.6. The van der Waals surface area contributed by atoms with E-state index in [0.717, 1.165) is 18.4 Å². The van der Waals surface area contributed by atoms with E-state index in [1.807, 2.05) is 65.0 Å². The largest absolute Gasteiger partial charge is 0.499 e. The molecule has 2 N–H and O–H groups in total. The Kier molecular flexibility index (Phi) is 23.5. The van der Waals surface area contributed by atoms with Gasteiger partial charge < -0.3 is 53.0 Å². The van der Waals surface area contributed by atoms with E-state index < -0.39 is 77.8 Å². The third kappa shape index (κ3) is 15.9. The first-order valence-corrected chi connectivity index (χ1v) is 27.2. The molecule has 1 amide bonds. The predicted molar refractivity (Wildman–Crippen MR) is 278 cm³/mol. The second-order valence-electron chi connectivity index (χ2n) is 21.9. The Bertz CT molecular complexity index is 2060. The molecule has 5 rings (SSSR count). The molecule has 2 bridgehead atoms. The van der Waals surface area contributed by atoms with Crippen molar-refractivity contribution in [2.75, 3.05) is 35.0 Å². The third-order valence-corrected chi connectivity index (χ3v) is 16.2. The number of hydrogen-bond acceptors (Lipinski definition) is 15. The summed E-state index contributed by atoms with van der Waals surface area (Å²) >= 11 is 0. The Morgan fingerprint density at radius 3 is 2.23 bits per heavy atom. The number of aliphatic hydroxyl groups excluding tert-OH is 1. The Morgan fingerprint density at radius 2 is 1.55 bits per heavy atom. The molecule has 3 fully saturated rings. The zero-order chi connectivity index (χ0) is 54.4. The molecule has 4 heterocycles. The summed E-state index contributed by atoms with van der Waals surface area (Å²) in [5, 5.41) is 23.6. The standard InChI is InChI=1S/C58H89NO15/c1-34-18-14-13-15-19-35(2)48(67-9)32-43-23-21-40(7)58(66,74-43)55(63)56(64)59-27-17-16-20-44(59)57(65)73-49(33-45(60)36(3)29-39(6)53(62)54(70-12)52(61)38(5)28-34)37(4)30-42-22-24-47(50(31-42)68-10)72-46-25-26-51(69-11)71-41(46)8/h13-15,18-19,29,31,34,36-38,40-44,46-49,51,53-54,62,66H,16-17,20-28,30,32-33H2,1-12H3/b15-13+,18-14+,35-19+,39-29+/t34-,36-,37+,38-,40-,41?,42?,43+,44+,46?,47?,48+,49+,51?,53?,54+,58-/m1/s1. The first kappa shape index (κ1) is 61.0. The topological polar surface area (TPSA) is 203 Å². The van der Waals surface area contributed by atoms with Crippen molar-refractivity contribution in [1.82, 2.24) is 4.90 Å². The Hall–Kier alpha value is -3.87. The van der Waals surface area contributed by atoms with Crippen LogP contribution in [-0.4, -0.2) is 146 Å². The zero-order valence-electron chi connectivity index (χ0n) is 46.3. The Labute approximate surface area is 440 Å². The number of Topliss-reactive ketones (excluding diaryl/α,β-unsaturated/α-hetero) is 3. The van der Waals surface area contributed by atoms with Gasteiger partial charge in [-0.3, -0.25) is 19.2 Å². The number of amides is 1. The maximum absolute atomic E-state index is 14.6. The number of piperidine rings is 1.